The summed E-state index contributed by atoms with van der Waals surface area (Å²) in [4.78, 5) is 12.2. The Balaban J connectivity index is 1.37. The van der Waals surface area contributed by atoms with E-state index in [9.17, 15) is 9.18 Å². The van der Waals surface area contributed by atoms with Crippen molar-refractivity contribution in [2.24, 2.45) is 0 Å². The number of carbonyl (C=O) groups excluding carboxylic acids is 1. The summed E-state index contributed by atoms with van der Waals surface area (Å²) in [5, 5.41) is 18.9. The number of methoxy groups -OCH3 is 1. The van der Waals surface area contributed by atoms with Crippen molar-refractivity contribution in [3.63, 3.8) is 0 Å². The highest BCUT2D eigenvalue weighted by Crippen LogP contribution is 2.13. The third-order valence-corrected chi connectivity index (χ3v) is 4.70. The lowest BCUT2D eigenvalue weighted by molar-refractivity contribution is 0.0954. The minimum atomic E-state index is -0.381. The van der Waals surface area contributed by atoms with E-state index in [2.05, 4.69) is 25.9 Å². The maximum atomic E-state index is 13.0. The standard InChI is InChI=1S/C22H21FN6O2/c1-31-18-8-2-15(3-9-18)14-25-19-10-11-20-26-27-21(29(20)28-19)12-13-24-22(30)16-4-6-17(23)7-5-16/h2-11H,12-14H2,1H3,(H,24,30)(H,25,28). The molecule has 2 aromatic heterocycles. The van der Waals surface area contributed by atoms with E-state index in [4.69, 9.17) is 4.74 Å². The summed E-state index contributed by atoms with van der Waals surface area (Å²) in [5.74, 6) is 1.46. The summed E-state index contributed by atoms with van der Waals surface area (Å²) in [5.41, 5.74) is 2.11. The van der Waals surface area contributed by atoms with Gasteiger partial charge in [-0.3, -0.25) is 4.79 Å². The molecule has 2 aromatic carbocycles. The number of benzene rings is 2. The minimum absolute atomic E-state index is 0.274. The molecule has 0 atom stereocenters. The Kier molecular flexibility index (Phi) is 6.02. The number of halogens is 1. The predicted octanol–water partition coefficient (Wildman–Crippen LogP) is 2.86. The lowest BCUT2D eigenvalue weighted by Gasteiger charge is -2.08. The fourth-order valence-electron chi connectivity index (χ4n) is 3.01. The summed E-state index contributed by atoms with van der Waals surface area (Å²) < 4.78 is 19.8. The average molecular weight is 420 g/mol. The van der Waals surface area contributed by atoms with Crippen molar-refractivity contribution >= 4 is 17.4 Å². The van der Waals surface area contributed by atoms with Crippen LogP contribution in [-0.4, -0.2) is 39.4 Å². The van der Waals surface area contributed by atoms with Gasteiger partial charge in [-0.15, -0.1) is 15.3 Å². The molecule has 0 bridgehead atoms. The molecule has 0 spiro atoms. The monoisotopic (exact) mass is 420 g/mol. The van der Waals surface area contributed by atoms with Gasteiger partial charge in [-0.25, -0.2) is 4.39 Å². The van der Waals surface area contributed by atoms with E-state index in [0.29, 0.717) is 42.4 Å². The molecule has 0 radical (unpaired) electrons. The van der Waals surface area contributed by atoms with Gasteiger partial charge in [0.1, 0.15) is 17.4 Å². The lowest BCUT2D eigenvalue weighted by Crippen LogP contribution is -2.26. The zero-order valence-electron chi connectivity index (χ0n) is 16.9. The fourth-order valence-corrected chi connectivity index (χ4v) is 3.01. The third kappa shape index (κ3) is 4.95. The first-order chi connectivity index (χ1) is 15.1. The maximum Gasteiger partial charge on any atom is 0.251 e. The SMILES string of the molecule is COc1ccc(CNc2ccc3nnc(CCNC(=O)c4ccc(F)cc4)n3n2)cc1. The molecular weight excluding hydrogens is 399 g/mol. The fraction of sp³-hybridized carbons (Fsp3) is 0.182. The van der Waals surface area contributed by atoms with Crippen LogP contribution in [0.15, 0.2) is 60.7 Å². The Bertz CT molecular complexity index is 1180. The Labute approximate surface area is 178 Å². The zero-order chi connectivity index (χ0) is 21.6. The van der Waals surface area contributed by atoms with Crippen molar-refractivity contribution in [1.82, 2.24) is 25.1 Å². The number of fused-ring (bicyclic) bond motifs is 1. The number of amides is 1. The van der Waals surface area contributed by atoms with E-state index in [1.807, 2.05) is 36.4 Å². The highest BCUT2D eigenvalue weighted by Gasteiger charge is 2.10. The van der Waals surface area contributed by atoms with Crippen LogP contribution < -0.4 is 15.4 Å². The molecule has 0 aliphatic heterocycles. The Morgan fingerprint density at radius 3 is 2.55 bits per heavy atom. The molecule has 2 N–H and O–H groups in total. The van der Waals surface area contributed by atoms with Gasteiger partial charge >= 0.3 is 0 Å². The van der Waals surface area contributed by atoms with Gasteiger partial charge in [0.05, 0.1) is 7.11 Å². The first-order valence-electron chi connectivity index (χ1n) is 9.74. The highest BCUT2D eigenvalue weighted by molar-refractivity contribution is 5.94. The predicted molar refractivity (Wildman–Crippen MR) is 114 cm³/mol. The molecule has 0 unspecified atom stereocenters. The van der Waals surface area contributed by atoms with E-state index < -0.39 is 0 Å². The van der Waals surface area contributed by atoms with Crippen molar-refractivity contribution in [2.75, 3.05) is 19.0 Å². The second-order valence-electron chi connectivity index (χ2n) is 6.82. The summed E-state index contributed by atoms with van der Waals surface area (Å²) in [7, 11) is 1.64. The lowest BCUT2D eigenvalue weighted by atomic mass is 10.2. The van der Waals surface area contributed by atoms with Crippen LogP contribution in [0.4, 0.5) is 10.2 Å². The number of hydrogen-bond acceptors (Lipinski definition) is 6. The van der Waals surface area contributed by atoms with Gasteiger partial charge in [0, 0.05) is 25.1 Å². The van der Waals surface area contributed by atoms with E-state index in [-0.39, 0.29) is 11.7 Å². The Hall–Kier alpha value is -4.01. The van der Waals surface area contributed by atoms with Crippen LogP contribution >= 0.6 is 0 Å². The molecule has 0 saturated heterocycles. The minimum Gasteiger partial charge on any atom is -0.497 e. The van der Waals surface area contributed by atoms with Crippen LogP contribution in [-0.2, 0) is 13.0 Å². The summed E-state index contributed by atoms with van der Waals surface area (Å²) in [6, 6.07) is 16.9. The van der Waals surface area contributed by atoms with Gasteiger partial charge < -0.3 is 15.4 Å². The molecule has 31 heavy (non-hydrogen) atoms. The van der Waals surface area contributed by atoms with E-state index in [1.165, 1.54) is 24.3 Å². The summed E-state index contributed by atoms with van der Waals surface area (Å²) in [6.07, 6.45) is 0.447. The van der Waals surface area contributed by atoms with Crippen molar-refractivity contribution in [2.45, 2.75) is 13.0 Å². The van der Waals surface area contributed by atoms with Crippen LogP contribution in [0.2, 0.25) is 0 Å². The molecule has 9 heteroatoms. The van der Waals surface area contributed by atoms with Crippen LogP contribution in [0.5, 0.6) is 5.75 Å². The number of nitrogens with zero attached hydrogens (tertiary/aromatic N) is 4. The van der Waals surface area contributed by atoms with E-state index in [1.54, 1.807) is 11.6 Å². The smallest absolute Gasteiger partial charge is 0.251 e. The molecule has 8 nitrogen and oxygen atoms in total. The highest BCUT2D eigenvalue weighted by atomic mass is 19.1. The average Bonchev–Trinajstić information content (AvgIpc) is 3.20. The van der Waals surface area contributed by atoms with Crippen molar-refractivity contribution < 1.29 is 13.9 Å². The second kappa shape index (κ2) is 9.21. The van der Waals surface area contributed by atoms with Gasteiger partial charge in [0.2, 0.25) is 0 Å². The molecule has 0 fully saturated rings. The van der Waals surface area contributed by atoms with Crippen LogP contribution in [0, 0.1) is 5.82 Å². The van der Waals surface area contributed by atoms with E-state index in [0.717, 1.165) is 11.3 Å². The number of carbonyl (C=O) groups is 1. The molecular formula is C22H21FN6O2. The quantitative estimate of drug-likeness (QED) is 0.455. The van der Waals surface area contributed by atoms with E-state index >= 15 is 0 Å². The van der Waals surface area contributed by atoms with Gasteiger partial charge in [-0.05, 0) is 54.1 Å². The molecule has 4 aromatic rings. The normalized spacial score (nSPS) is 10.8. The second-order valence-corrected chi connectivity index (χ2v) is 6.82. The molecule has 4 rings (SSSR count). The number of nitrogens with one attached hydrogen (secondary N) is 2. The van der Waals surface area contributed by atoms with Gasteiger partial charge in [-0.1, -0.05) is 12.1 Å². The number of rotatable bonds is 8. The van der Waals surface area contributed by atoms with Crippen LogP contribution in [0.3, 0.4) is 0 Å². The van der Waals surface area contributed by atoms with Crippen molar-refractivity contribution in [3.05, 3.63) is 83.4 Å². The molecule has 0 aliphatic rings. The zero-order valence-corrected chi connectivity index (χ0v) is 16.9. The first-order valence-corrected chi connectivity index (χ1v) is 9.74. The van der Waals surface area contributed by atoms with Crippen molar-refractivity contribution in [3.8, 4) is 5.75 Å². The number of aromatic nitrogens is 4. The maximum absolute atomic E-state index is 13.0. The molecule has 0 aliphatic carbocycles. The summed E-state index contributed by atoms with van der Waals surface area (Å²) in [6.45, 7) is 0.954. The van der Waals surface area contributed by atoms with Gasteiger partial charge in [0.15, 0.2) is 11.5 Å². The number of anilines is 1. The first kappa shape index (κ1) is 20.3. The van der Waals surface area contributed by atoms with Gasteiger partial charge in [0.25, 0.3) is 5.91 Å². The third-order valence-electron chi connectivity index (χ3n) is 4.70. The molecule has 0 saturated carbocycles. The molecule has 1 amide bonds. The van der Waals surface area contributed by atoms with Crippen molar-refractivity contribution in [1.29, 1.82) is 0 Å². The Morgan fingerprint density at radius 1 is 1.03 bits per heavy atom. The van der Waals surface area contributed by atoms with Gasteiger partial charge in [-0.2, -0.15) is 4.52 Å². The number of hydrogen-bond donors (Lipinski definition) is 2. The largest absolute Gasteiger partial charge is 0.497 e. The molecule has 2 heterocycles. The Morgan fingerprint density at radius 2 is 1.81 bits per heavy atom. The molecule has 158 valence electrons. The topological polar surface area (TPSA) is 93.4 Å². The number of ether oxygens (including phenoxy) is 1. The van der Waals surface area contributed by atoms with Crippen LogP contribution in [0.1, 0.15) is 21.7 Å². The summed E-state index contributed by atoms with van der Waals surface area (Å²) >= 11 is 0. The van der Waals surface area contributed by atoms with Crippen LogP contribution in [0.25, 0.3) is 5.65 Å².